The smallest absolute Gasteiger partial charge is 0.319 e. The number of anilines is 1. The Morgan fingerprint density at radius 2 is 1.76 bits per heavy atom. The Kier molecular flexibility index (Phi) is 4.57. The second-order valence-corrected chi connectivity index (χ2v) is 6.57. The van der Waals surface area contributed by atoms with E-state index in [4.69, 9.17) is 9.47 Å². The lowest BCUT2D eigenvalue weighted by Gasteiger charge is -2.17. The number of benzene rings is 2. The summed E-state index contributed by atoms with van der Waals surface area (Å²) in [7, 11) is 0. The van der Waals surface area contributed by atoms with Crippen LogP contribution in [0.5, 0.6) is 5.75 Å². The fourth-order valence-corrected chi connectivity index (χ4v) is 3.46. The number of hydrogen-bond acceptors (Lipinski definition) is 3. The van der Waals surface area contributed by atoms with Crippen LogP contribution in [0.1, 0.15) is 17.5 Å². The van der Waals surface area contributed by atoms with Gasteiger partial charge in [0.2, 0.25) is 0 Å². The SMILES string of the molecule is O=C(Nc1ccccc1OC1CCOC1)NC1Cc2ccccc2C1. The lowest BCUT2D eigenvalue weighted by molar-refractivity contribution is 0.142. The third-order valence-corrected chi connectivity index (χ3v) is 4.70. The maximum Gasteiger partial charge on any atom is 0.319 e. The summed E-state index contributed by atoms with van der Waals surface area (Å²) in [5.74, 6) is 0.683. The Balaban J connectivity index is 1.37. The Bertz CT molecular complexity index is 731. The molecule has 2 aromatic carbocycles. The number of carbonyl (C=O) groups excluding carboxylic acids is 1. The largest absolute Gasteiger partial charge is 0.486 e. The topological polar surface area (TPSA) is 59.6 Å². The maximum absolute atomic E-state index is 12.4. The minimum Gasteiger partial charge on any atom is -0.486 e. The van der Waals surface area contributed by atoms with Gasteiger partial charge in [0.25, 0.3) is 0 Å². The number of nitrogens with one attached hydrogen (secondary N) is 2. The highest BCUT2D eigenvalue weighted by Gasteiger charge is 2.23. The summed E-state index contributed by atoms with van der Waals surface area (Å²) >= 11 is 0. The minimum absolute atomic E-state index is 0.0512. The Hall–Kier alpha value is -2.53. The molecule has 130 valence electrons. The molecular weight excluding hydrogens is 316 g/mol. The molecule has 1 aliphatic carbocycles. The molecule has 2 N–H and O–H groups in total. The highest BCUT2D eigenvalue weighted by atomic mass is 16.5. The second kappa shape index (κ2) is 7.15. The number of para-hydroxylation sites is 2. The molecular formula is C20H22N2O3. The average Bonchev–Trinajstić information content (AvgIpc) is 3.25. The zero-order valence-electron chi connectivity index (χ0n) is 14.0. The van der Waals surface area contributed by atoms with Crippen LogP contribution in [0.3, 0.4) is 0 Å². The molecule has 1 fully saturated rings. The van der Waals surface area contributed by atoms with Crippen molar-refractivity contribution in [3.8, 4) is 5.75 Å². The predicted molar refractivity (Wildman–Crippen MR) is 96.1 cm³/mol. The van der Waals surface area contributed by atoms with Crippen LogP contribution >= 0.6 is 0 Å². The highest BCUT2D eigenvalue weighted by Crippen LogP contribution is 2.27. The molecule has 2 amide bonds. The Morgan fingerprint density at radius 1 is 1.04 bits per heavy atom. The molecule has 25 heavy (non-hydrogen) atoms. The summed E-state index contributed by atoms with van der Waals surface area (Å²) in [6.45, 7) is 1.32. The lowest BCUT2D eigenvalue weighted by atomic mass is 10.1. The van der Waals surface area contributed by atoms with Gasteiger partial charge in [-0.25, -0.2) is 4.79 Å². The third-order valence-electron chi connectivity index (χ3n) is 4.70. The molecule has 1 aliphatic heterocycles. The predicted octanol–water partition coefficient (Wildman–Crippen LogP) is 3.14. The van der Waals surface area contributed by atoms with E-state index in [0.29, 0.717) is 18.0 Å². The summed E-state index contributed by atoms with van der Waals surface area (Å²) in [6, 6.07) is 15.8. The van der Waals surface area contributed by atoms with Crippen molar-refractivity contribution in [3.05, 3.63) is 59.7 Å². The molecule has 0 aromatic heterocycles. The molecule has 1 heterocycles. The standard InChI is InChI=1S/C20H22N2O3/c23-20(21-16-11-14-5-1-2-6-15(14)12-16)22-18-7-3-4-8-19(18)25-17-9-10-24-13-17/h1-8,16-17H,9-13H2,(H2,21,22,23). The van der Waals surface area contributed by atoms with E-state index in [1.54, 1.807) is 0 Å². The van der Waals surface area contributed by atoms with Gasteiger partial charge in [-0.1, -0.05) is 36.4 Å². The highest BCUT2D eigenvalue weighted by molar-refractivity contribution is 5.91. The zero-order valence-corrected chi connectivity index (χ0v) is 14.0. The fourth-order valence-electron chi connectivity index (χ4n) is 3.46. The molecule has 5 heteroatoms. The van der Waals surface area contributed by atoms with E-state index in [1.165, 1.54) is 11.1 Å². The molecule has 2 aromatic rings. The van der Waals surface area contributed by atoms with Gasteiger partial charge in [-0.2, -0.15) is 0 Å². The summed E-state index contributed by atoms with van der Waals surface area (Å²) in [6.07, 6.45) is 2.68. The molecule has 1 atom stereocenters. The first-order valence-corrected chi connectivity index (χ1v) is 8.75. The van der Waals surface area contributed by atoms with Crippen LogP contribution < -0.4 is 15.4 Å². The molecule has 4 rings (SSSR count). The number of amides is 2. The Morgan fingerprint density at radius 3 is 2.48 bits per heavy atom. The van der Waals surface area contributed by atoms with Gasteiger partial charge in [0, 0.05) is 12.5 Å². The molecule has 0 bridgehead atoms. The van der Waals surface area contributed by atoms with Crippen LogP contribution in [0, 0.1) is 0 Å². The van der Waals surface area contributed by atoms with Crippen LogP contribution in [-0.2, 0) is 17.6 Å². The van der Waals surface area contributed by atoms with E-state index >= 15 is 0 Å². The van der Waals surface area contributed by atoms with Gasteiger partial charge in [-0.3, -0.25) is 0 Å². The van der Waals surface area contributed by atoms with Crippen molar-refractivity contribution in [1.29, 1.82) is 0 Å². The van der Waals surface area contributed by atoms with Gasteiger partial charge in [0.15, 0.2) is 0 Å². The van der Waals surface area contributed by atoms with Crippen molar-refractivity contribution in [2.45, 2.75) is 31.4 Å². The van der Waals surface area contributed by atoms with E-state index in [-0.39, 0.29) is 18.2 Å². The first kappa shape index (κ1) is 16.0. The van der Waals surface area contributed by atoms with Crippen molar-refractivity contribution in [1.82, 2.24) is 5.32 Å². The molecule has 1 saturated heterocycles. The van der Waals surface area contributed by atoms with Crippen LogP contribution in [0.25, 0.3) is 0 Å². The molecule has 0 saturated carbocycles. The van der Waals surface area contributed by atoms with Gasteiger partial charge < -0.3 is 20.1 Å². The van der Waals surface area contributed by atoms with Crippen molar-refractivity contribution >= 4 is 11.7 Å². The first-order valence-electron chi connectivity index (χ1n) is 8.75. The second-order valence-electron chi connectivity index (χ2n) is 6.57. The number of rotatable bonds is 4. The van der Waals surface area contributed by atoms with E-state index < -0.39 is 0 Å². The first-order chi connectivity index (χ1) is 12.3. The van der Waals surface area contributed by atoms with Gasteiger partial charge >= 0.3 is 6.03 Å². The summed E-state index contributed by atoms with van der Waals surface area (Å²) in [4.78, 5) is 12.4. The van der Waals surface area contributed by atoms with Crippen LogP contribution in [0.4, 0.5) is 10.5 Å². The number of carbonyl (C=O) groups is 1. The number of ether oxygens (including phenoxy) is 2. The van der Waals surface area contributed by atoms with Crippen molar-refractivity contribution in [2.24, 2.45) is 0 Å². The van der Waals surface area contributed by atoms with Gasteiger partial charge in [-0.15, -0.1) is 0 Å². The van der Waals surface area contributed by atoms with Crippen LogP contribution in [0.2, 0.25) is 0 Å². The number of urea groups is 1. The van der Waals surface area contributed by atoms with Crippen LogP contribution in [-0.4, -0.2) is 31.4 Å². The van der Waals surface area contributed by atoms with Crippen molar-refractivity contribution < 1.29 is 14.3 Å². The summed E-state index contributed by atoms with van der Waals surface area (Å²) < 4.78 is 11.3. The Labute approximate surface area is 147 Å². The molecule has 1 unspecified atom stereocenters. The quantitative estimate of drug-likeness (QED) is 0.900. The zero-order chi connectivity index (χ0) is 17.1. The van der Waals surface area contributed by atoms with Crippen LogP contribution in [0.15, 0.2) is 48.5 Å². The van der Waals surface area contributed by atoms with E-state index in [2.05, 4.69) is 22.8 Å². The summed E-state index contributed by atoms with van der Waals surface area (Å²) in [5.41, 5.74) is 3.32. The molecule has 0 spiro atoms. The van der Waals surface area contributed by atoms with E-state index in [1.807, 2.05) is 36.4 Å². The molecule has 5 nitrogen and oxygen atoms in total. The summed E-state index contributed by atoms with van der Waals surface area (Å²) in [5, 5.41) is 5.99. The monoisotopic (exact) mass is 338 g/mol. The molecule has 0 radical (unpaired) electrons. The van der Waals surface area contributed by atoms with E-state index in [9.17, 15) is 4.79 Å². The average molecular weight is 338 g/mol. The fraction of sp³-hybridized carbons (Fsp3) is 0.350. The van der Waals surface area contributed by atoms with Crippen molar-refractivity contribution in [2.75, 3.05) is 18.5 Å². The van der Waals surface area contributed by atoms with Crippen molar-refractivity contribution in [3.63, 3.8) is 0 Å². The van der Waals surface area contributed by atoms with Gasteiger partial charge in [0.05, 0.1) is 18.9 Å². The minimum atomic E-state index is -0.198. The maximum atomic E-state index is 12.4. The van der Waals surface area contributed by atoms with Gasteiger partial charge in [0.1, 0.15) is 11.9 Å². The number of hydrogen-bond donors (Lipinski definition) is 2. The normalized spacial score (nSPS) is 19.4. The third kappa shape index (κ3) is 3.77. The lowest BCUT2D eigenvalue weighted by Crippen LogP contribution is -2.38. The molecule has 2 aliphatic rings. The van der Waals surface area contributed by atoms with Gasteiger partial charge in [-0.05, 0) is 36.1 Å². The number of fused-ring (bicyclic) bond motifs is 1. The van der Waals surface area contributed by atoms with E-state index in [0.717, 1.165) is 25.9 Å².